The fraction of sp³-hybridized carbons (Fsp3) is 0.833. The first-order valence-electron chi connectivity index (χ1n) is 6.40. The lowest BCUT2D eigenvalue weighted by Crippen LogP contribution is -2.37. The molecule has 2 aliphatic rings. The van der Waals surface area contributed by atoms with Gasteiger partial charge in [0, 0.05) is 17.9 Å². The zero-order valence-corrected chi connectivity index (χ0v) is 10.2. The highest BCUT2D eigenvalue weighted by Crippen LogP contribution is 2.33. The van der Waals surface area contributed by atoms with Crippen molar-refractivity contribution >= 4 is 0 Å². The Morgan fingerprint density at radius 2 is 2.18 bits per heavy atom. The van der Waals surface area contributed by atoms with Gasteiger partial charge in [-0.25, -0.2) is 0 Å². The Balaban J connectivity index is 1.78. The van der Waals surface area contributed by atoms with Crippen LogP contribution in [0.2, 0.25) is 0 Å². The van der Waals surface area contributed by atoms with Crippen LogP contribution < -0.4 is 5.32 Å². The fourth-order valence-corrected chi connectivity index (χ4v) is 2.58. The van der Waals surface area contributed by atoms with Crippen molar-refractivity contribution < 1.29 is 9.26 Å². The zero-order chi connectivity index (χ0) is 11.7. The number of piperidine rings is 1. The van der Waals surface area contributed by atoms with Crippen LogP contribution in [0.25, 0.3) is 0 Å². The predicted molar refractivity (Wildman–Crippen MR) is 61.9 cm³/mol. The van der Waals surface area contributed by atoms with E-state index < -0.39 is 0 Å². The molecule has 0 aromatic carbocycles. The fourth-order valence-electron chi connectivity index (χ4n) is 2.58. The molecule has 3 rings (SSSR count). The molecule has 0 radical (unpaired) electrons. The maximum atomic E-state index is 5.48. The standard InChI is InChI=1S/C12H19N3O2/c1-12(3-5-13-6-4-12)11-14-10(15-17-11)9-2-7-16-8-9/h9,13H,2-8H2,1H3/t9-/m0/s1. The summed E-state index contributed by atoms with van der Waals surface area (Å²) < 4.78 is 10.8. The smallest absolute Gasteiger partial charge is 0.232 e. The maximum absolute atomic E-state index is 5.48. The van der Waals surface area contributed by atoms with Gasteiger partial charge in [-0.15, -0.1) is 0 Å². The molecule has 0 saturated carbocycles. The second-order valence-corrected chi connectivity index (χ2v) is 5.33. The normalized spacial score (nSPS) is 28.4. The average Bonchev–Trinajstić information content (AvgIpc) is 3.01. The molecule has 3 heterocycles. The van der Waals surface area contributed by atoms with Crippen LogP contribution in [-0.4, -0.2) is 36.4 Å². The summed E-state index contributed by atoms with van der Waals surface area (Å²) in [6.07, 6.45) is 3.14. The Hall–Kier alpha value is -0.940. The van der Waals surface area contributed by atoms with Crippen molar-refractivity contribution in [3.05, 3.63) is 11.7 Å². The minimum atomic E-state index is 0.0515. The lowest BCUT2D eigenvalue weighted by Gasteiger charge is -2.30. The van der Waals surface area contributed by atoms with Gasteiger partial charge in [0.05, 0.1) is 6.61 Å². The molecule has 1 aromatic rings. The monoisotopic (exact) mass is 237 g/mol. The summed E-state index contributed by atoms with van der Waals surface area (Å²) in [5, 5.41) is 7.49. The molecule has 0 unspecified atom stereocenters. The largest absolute Gasteiger partial charge is 0.381 e. The van der Waals surface area contributed by atoms with E-state index in [0.29, 0.717) is 5.92 Å². The topological polar surface area (TPSA) is 60.2 Å². The first kappa shape index (κ1) is 11.2. The van der Waals surface area contributed by atoms with Crippen LogP contribution >= 0.6 is 0 Å². The van der Waals surface area contributed by atoms with Crippen LogP contribution in [-0.2, 0) is 10.2 Å². The average molecular weight is 237 g/mol. The SMILES string of the molecule is CC1(c2nc([C@H]3CCOC3)no2)CCNCC1. The Morgan fingerprint density at radius 1 is 1.35 bits per heavy atom. The van der Waals surface area contributed by atoms with Gasteiger partial charge >= 0.3 is 0 Å². The summed E-state index contributed by atoms with van der Waals surface area (Å²) in [7, 11) is 0. The molecule has 0 spiro atoms. The zero-order valence-electron chi connectivity index (χ0n) is 10.2. The summed E-state index contributed by atoms with van der Waals surface area (Å²) in [4.78, 5) is 4.60. The number of hydrogen-bond acceptors (Lipinski definition) is 5. The Kier molecular flexibility index (Phi) is 2.88. The van der Waals surface area contributed by atoms with E-state index in [2.05, 4.69) is 22.4 Å². The molecule has 2 fully saturated rings. The molecule has 1 atom stereocenters. The van der Waals surface area contributed by atoms with Gasteiger partial charge in [-0.05, 0) is 32.4 Å². The van der Waals surface area contributed by atoms with Crippen LogP contribution in [0.4, 0.5) is 0 Å². The third-order valence-electron chi connectivity index (χ3n) is 3.96. The van der Waals surface area contributed by atoms with Gasteiger partial charge < -0.3 is 14.6 Å². The Bertz CT molecular complexity index is 379. The van der Waals surface area contributed by atoms with Crippen LogP contribution in [0.1, 0.15) is 43.8 Å². The van der Waals surface area contributed by atoms with Gasteiger partial charge in [-0.2, -0.15) is 4.98 Å². The minimum absolute atomic E-state index is 0.0515. The second-order valence-electron chi connectivity index (χ2n) is 5.33. The minimum Gasteiger partial charge on any atom is -0.381 e. The van der Waals surface area contributed by atoms with E-state index in [-0.39, 0.29) is 5.41 Å². The molecule has 5 nitrogen and oxygen atoms in total. The van der Waals surface area contributed by atoms with E-state index in [9.17, 15) is 0 Å². The lowest BCUT2D eigenvalue weighted by molar-refractivity contribution is 0.192. The first-order chi connectivity index (χ1) is 8.28. The van der Waals surface area contributed by atoms with Gasteiger partial charge in [0.25, 0.3) is 0 Å². The van der Waals surface area contributed by atoms with Crippen molar-refractivity contribution in [2.75, 3.05) is 26.3 Å². The van der Waals surface area contributed by atoms with Crippen LogP contribution in [0.3, 0.4) is 0 Å². The first-order valence-corrected chi connectivity index (χ1v) is 6.40. The Morgan fingerprint density at radius 3 is 2.88 bits per heavy atom. The molecule has 2 saturated heterocycles. The molecule has 17 heavy (non-hydrogen) atoms. The van der Waals surface area contributed by atoms with E-state index in [4.69, 9.17) is 9.26 Å². The number of nitrogens with zero attached hydrogens (tertiary/aromatic N) is 2. The van der Waals surface area contributed by atoms with Crippen molar-refractivity contribution in [3.63, 3.8) is 0 Å². The molecule has 5 heteroatoms. The number of nitrogens with one attached hydrogen (secondary N) is 1. The molecule has 0 aliphatic carbocycles. The van der Waals surface area contributed by atoms with E-state index in [0.717, 1.165) is 57.3 Å². The third kappa shape index (κ3) is 2.09. The third-order valence-corrected chi connectivity index (χ3v) is 3.96. The van der Waals surface area contributed by atoms with Crippen LogP contribution in [0.5, 0.6) is 0 Å². The van der Waals surface area contributed by atoms with Gasteiger partial charge in [-0.3, -0.25) is 0 Å². The molecular weight excluding hydrogens is 218 g/mol. The summed E-state index contributed by atoms with van der Waals surface area (Å²) in [5.74, 6) is 1.97. The summed E-state index contributed by atoms with van der Waals surface area (Å²) in [6.45, 7) is 5.82. The number of aromatic nitrogens is 2. The van der Waals surface area contributed by atoms with Gasteiger partial charge in [0.15, 0.2) is 5.82 Å². The van der Waals surface area contributed by atoms with E-state index in [1.807, 2.05) is 0 Å². The highest BCUT2D eigenvalue weighted by Gasteiger charge is 2.35. The van der Waals surface area contributed by atoms with Crippen LogP contribution in [0.15, 0.2) is 4.52 Å². The summed E-state index contributed by atoms with van der Waals surface area (Å²) in [6, 6.07) is 0. The van der Waals surface area contributed by atoms with Gasteiger partial charge in [0.2, 0.25) is 5.89 Å². The van der Waals surface area contributed by atoms with Gasteiger partial charge in [-0.1, -0.05) is 12.1 Å². The van der Waals surface area contributed by atoms with E-state index in [1.165, 1.54) is 0 Å². The van der Waals surface area contributed by atoms with Crippen LogP contribution in [0, 0.1) is 0 Å². The molecule has 1 N–H and O–H groups in total. The molecular formula is C12H19N3O2. The number of hydrogen-bond donors (Lipinski definition) is 1. The molecule has 0 amide bonds. The Labute approximate surface area is 101 Å². The highest BCUT2D eigenvalue weighted by atomic mass is 16.5. The number of rotatable bonds is 2. The maximum Gasteiger partial charge on any atom is 0.232 e. The van der Waals surface area contributed by atoms with Gasteiger partial charge in [0.1, 0.15) is 0 Å². The molecule has 1 aromatic heterocycles. The van der Waals surface area contributed by atoms with Crippen molar-refractivity contribution in [1.29, 1.82) is 0 Å². The lowest BCUT2D eigenvalue weighted by atomic mass is 9.81. The second kappa shape index (κ2) is 4.38. The van der Waals surface area contributed by atoms with E-state index >= 15 is 0 Å². The van der Waals surface area contributed by atoms with Crippen molar-refractivity contribution in [2.45, 2.75) is 37.5 Å². The predicted octanol–water partition coefficient (Wildman–Crippen LogP) is 1.21. The summed E-state index contributed by atoms with van der Waals surface area (Å²) >= 11 is 0. The van der Waals surface area contributed by atoms with Crippen molar-refractivity contribution in [2.24, 2.45) is 0 Å². The van der Waals surface area contributed by atoms with Crippen molar-refractivity contribution in [3.8, 4) is 0 Å². The van der Waals surface area contributed by atoms with E-state index in [1.54, 1.807) is 0 Å². The molecule has 94 valence electrons. The molecule has 2 aliphatic heterocycles. The number of ether oxygens (including phenoxy) is 1. The quantitative estimate of drug-likeness (QED) is 0.838. The molecule has 0 bridgehead atoms. The summed E-state index contributed by atoms with van der Waals surface area (Å²) in [5.41, 5.74) is 0.0515. The highest BCUT2D eigenvalue weighted by molar-refractivity contribution is 5.07. The van der Waals surface area contributed by atoms with Crippen molar-refractivity contribution in [1.82, 2.24) is 15.5 Å².